The van der Waals surface area contributed by atoms with Crippen LogP contribution >= 0.6 is 15.9 Å². The molecule has 1 heterocycles. The van der Waals surface area contributed by atoms with E-state index in [2.05, 4.69) is 15.9 Å². The number of carbonyl (C=O) groups is 1. The number of ether oxygens (including phenoxy) is 1. The Morgan fingerprint density at radius 2 is 2.07 bits per heavy atom. The summed E-state index contributed by atoms with van der Waals surface area (Å²) in [7, 11) is 0. The molecule has 15 heavy (non-hydrogen) atoms. The van der Waals surface area contributed by atoms with Gasteiger partial charge in [0.15, 0.2) is 0 Å². The molecule has 1 aromatic carbocycles. The highest BCUT2D eigenvalue weighted by atomic mass is 79.9. The third-order valence-corrected chi connectivity index (χ3v) is 3.03. The molecule has 0 aromatic heterocycles. The molecular weight excluding hydrogens is 256 g/mol. The highest BCUT2D eigenvalue weighted by Crippen LogP contribution is 2.31. The Bertz CT molecular complexity index is 384. The number of halogens is 1. The molecule has 2 rings (SSSR count). The van der Waals surface area contributed by atoms with Crippen molar-refractivity contribution in [3.8, 4) is 0 Å². The monoisotopic (exact) mass is 266 g/mol. The molecule has 0 amide bonds. The van der Waals surface area contributed by atoms with E-state index in [0.29, 0.717) is 5.76 Å². The van der Waals surface area contributed by atoms with Crippen molar-refractivity contribution >= 4 is 21.9 Å². The molecule has 1 fully saturated rings. The molecule has 0 saturated carbocycles. The van der Waals surface area contributed by atoms with E-state index in [1.165, 1.54) is 0 Å². The highest BCUT2D eigenvalue weighted by molar-refractivity contribution is 9.11. The summed E-state index contributed by atoms with van der Waals surface area (Å²) in [6.45, 7) is 0. The summed E-state index contributed by atoms with van der Waals surface area (Å²) in [6.07, 6.45) is 1.62. The van der Waals surface area contributed by atoms with Gasteiger partial charge in [0.05, 0.1) is 5.92 Å². The van der Waals surface area contributed by atoms with E-state index >= 15 is 0 Å². The normalized spacial score (nSPS) is 23.9. The Hall–Kier alpha value is -1.09. The molecule has 1 atom stereocenters. The Balaban J connectivity index is 2.17. The average Bonchev–Trinajstić information content (AvgIpc) is 2.30. The number of benzene rings is 1. The minimum Gasteiger partial charge on any atom is -0.430 e. The van der Waals surface area contributed by atoms with E-state index < -0.39 is 0 Å². The van der Waals surface area contributed by atoms with Crippen molar-refractivity contribution in [1.29, 1.82) is 0 Å². The van der Waals surface area contributed by atoms with E-state index in [-0.39, 0.29) is 11.9 Å². The number of rotatable bonds is 1. The van der Waals surface area contributed by atoms with E-state index in [9.17, 15) is 4.79 Å². The van der Waals surface area contributed by atoms with Gasteiger partial charge in [-0.1, -0.05) is 46.3 Å². The fourth-order valence-electron chi connectivity index (χ4n) is 1.72. The standard InChI is InChI=1S/C12H11BrO2/c13-8-10-6-7-11(12(14)15-10)9-4-2-1-3-5-9/h1-5,8,11H,6-7H2/b10-8+/t11-/m1/s1. The summed E-state index contributed by atoms with van der Waals surface area (Å²) in [5, 5.41) is 0. The van der Waals surface area contributed by atoms with Gasteiger partial charge in [0.2, 0.25) is 0 Å². The number of esters is 1. The molecule has 0 radical (unpaired) electrons. The third-order valence-electron chi connectivity index (χ3n) is 2.52. The van der Waals surface area contributed by atoms with Gasteiger partial charge >= 0.3 is 5.97 Å². The molecule has 2 nitrogen and oxygen atoms in total. The second kappa shape index (κ2) is 4.62. The first-order valence-corrected chi connectivity index (χ1v) is 5.78. The maximum atomic E-state index is 11.7. The van der Waals surface area contributed by atoms with Gasteiger partial charge in [-0.15, -0.1) is 0 Å². The lowest BCUT2D eigenvalue weighted by Crippen LogP contribution is -2.20. The highest BCUT2D eigenvalue weighted by Gasteiger charge is 2.27. The molecule has 1 aromatic rings. The van der Waals surface area contributed by atoms with E-state index in [4.69, 9.17) is 4.74 Å². The van der Waals surface area contributed by atoms with Crippen LogP contribution in [0, 0.1) is 0 Å². The first kappa shape index (κ1) is 10.4. The zero-order chi connectivity index (χ0) is 10.7. The quantitative estimate of drug-likeness (QED) is 0.729. The summed E-state index contributed by atoms with van der Waals surface area (Å²) in [5.74, 6) is 0.452. The Morgan fingerprint density at radius 3 is 2.67 bits per heavy atom. The van der Waals surface area contributed by atoms with Crippen molar-refractivity contribution in [1.82, 2.24) is 0 Å². The maximum Gasteiger partial charge on any atom is 0.318 e. The van der Waals surface area contributed by atoms with Gasteiger partial charge in [0, 0.05) is 11.4 Å². The average molecular weight is 267 g/mol. The van der Waals surface area contributed by atoms with E-state index in [1.54, 1.807) is 4.99 Å². The first-order chi connectivity index (χ1) is 7.31. The van der Waals surface area contributed by atoms with Crippen LogP contribution in [0.4, 0.5) is 0 Å². The van der Waals surface area contributed by atoms with Crippen LogP contribution in [0.3, 0.4) is 0 Å². The van der Waals surface area contributed by atoms with Crippen molar-refractivity contribution in [2.75, 3.05) is 0 Å². The Kier molecular flexibility index (Phi) is 3.21. The van der Waals surface area contributed by atoms with Crippen LogP contribution in [0.15, 0.2) is 41.1 Å². The molecule has 0 unspecified atom stereocenters. The van der Waals surface area contributed by atoms with Crippen molar-refractivity contribution in [3.05, 3.63) is 46.6 Å². The molecule has 1 aliphatic rings. The van der Waals surface area contributed by atoms with Gasteiger partial charge in [-0.05, 0) is 12.0 Å². The maximum absolute atomic E-state index is 11.7. The number of allylic oxidation sites excluding steroid dienone is 1. The molecule has 0 bridgehead atoms. The van der Waals surface area contributed by atoms with Crippen molar-refractivity contribution in [2.24, 2.45) is 0 Å². The summed E-state index contributed by atoms with van der Waals surface area (Å²) in [6, 6.07) is 9.77. The number of carbonyl (C=O) groups excluding carboxylic acids is 1. The topological polar surface area (TPSA) is 26.3 Å². The second-order valence-corrected chi connectivity index (χ2v) is 3.96. The Labute approximate surface area is 97.1 Å². The Morgan fingerprint density at radius 1 is 1.33 bits per heavy atom. The molecule has 0 N–H and O–H groups in total. The minimum atomic E-state index is -0.154. The van der Waals surface area contributed by atoms with Gasteiger partial charge in [0.25, 0.3) is 0 Å². The van der Waals surface area contributed by atoms with Crippen LogP contribution in [0.25, 0.3) is 0 Å². The van der Waals surface area contributed by atoms with Crippen LogP contribution in [0.1, 0.15) is 24.3 Å². The minimum absolute atomic E-state index is 0.109. The molecule has 0 aliphatic carbocycles. The molecular formula is C12H11BrO2. The number of cyclic esters (lactones) is 1. The van der Waals surface area contributed by atoms with Crippen LogP contribution in [-0.2, 0) is 9.53 Å². The summed E-state index contributed by atoms with van der Waals surface area (Å²) < 4.78 is 5.18. The third kappa shape index (κ3) is 2.29. The second-order valence-electron chi connectivity index (χ2n) is 3.50. The fourth-order valence-corrected chi connectivity index (χ4v) is 2.04. The van der Waals surface area contributed by atoms with Crippen LogP contribution in [-0.4, -0.2) is 5.97 Å². The molecule has 78 valence electrons. The summed E-state index contributed by atoms with van der Waals surface area (Å²) in [5.41, 5.74) is 1.04. The van der Waals surface area contributed by atoms with Gasteiger partial charge in [-0.25, -0.2) is 0 Å². The van der Waals surface area contributed by atoms with E-state index in [0.717, 1.165) is 18.4 Å². The van der Waals surface area contributed by atoms with E-state index in [1.807, 2.05) is 30.3 Å². The zero-order valence-corrected chi connectivity index (χ0v) is 9.74. The van der Waals surface area contributed by atoms with Crippen molar-refractivity contribution in [3.63, 3.8) is 0 Å². The largest absolute Gasteiger partial charge is 0.430 e. The SMILES string of the molecule is O=C1O/C(=C/Br)CC[C@@H]1c1ccccc1. The molecule has 0 spiro atoms. The smallest absolute Gasteiger partial charge is 0.318 e. The van der Waals surface area contributed by atoms with Gasteiger partial charge in [-0.2, -0.15) is 0 Å². The molecule has 1 aliphatic heterocycles. The predicted octanol–water partition coefficient (Wildman–Crippen LogP) is 3.34. The van der Waals surface area contributed by atoms with Crippen molar-refractivity contribution in [2.45, 2.75) is 18.8 Å². The van der Waals surface area contributed by atoms with Gasteiger partial charge < -0.3 is 4.74 Å². The fraction of sp³-hybridized carbons (Fsp3) is 0.250. The summed E-state index contributed by atoms with van der Waals surface area (Å²) in [4.78, 5) is 13.4. The zero-order valence-electron chi connectivity index (χ0n) is 8.15. The first-order valence-electron chi connectivity index (χ1n) is 4.87. The van der Waals surface area contributed by atoms with Crippen molar-refractivity contribution < 1.29 is 9.53 Å². The number of hydrogen-bond acceptors (Lipinski definition) is 2. The lowest BCUT2D eigenvalue weighted by molar-refractivity contribution is -0.143. The number of hydrogen-bond donors (Lipinski definition) is 0. The van der Waals surface area contributed by atoms with Gasteiger partial charge in [0.1, 0.15) is 5.76 Å². The lowest BCUT2D eigenvalue weighted by atomic mass is 9.92. The lowest BCUT2D eigenvalue weighted by Gasteiger charge is -2.22. The summed E-state index contributed by atoms with van der Waals surface area (Å²) >= 11 is 3.18. The van der Waals surface area contributed by atoms with Crippen LogP contribution in [0.5, 0.6) is 0 Å². The predicted molar refractivity (Wildman–Crippen MR) is 61.5 cm³/mol. The van der Waals surface area contributed by atoms with Gasteiger partial charge in [-0.3, -0.25) is 4.79 Å². The van der Waals surface area contributed by atoms with Crippen LogP contribution in [0.2, 0.25) is 0 Å². The van der Waals surface area contributed by atoms with Crippen LogP contribution < -0.4 is 0 Å². The molecule has 3 heteroatoms. The molecule has 1 saturated heterocycles.